The van der Waals surface area contributed by atoms with E-state index in [9.17, 15) is 13.2 Å². The van der Waals surface area contributed by atoms with Gasteiger partial charge in [0.05, 0.1) is 17.2 Å². The maximum absolute atomic E-state index is 12.3. The fourth-order valence-electron chi connectivity index (χ4n) is 2.72. The zero-order valence-electron chi connectivity index (χ0n) is 13.8. The van der Waals surface area contributed by atoms with Crippen molar-refractivity contribution in [3.05, 3.63) is 23.4 Å². The Labute approximate surface area is 150 Å². The number of nitrogens with one attached hydrogen (secondary N) is 1. The number of sulfonamides is 1. The molecule has 3 rings (SSSR count). The molecule has 0 spiro atoms. The van der Waals surface area contributed by atoms with Crippen LogP contribution in [0.3, 0.4) is 0 Å². The molecule has 0 bridgehead atoms. The number of nitrogens with zero attached hydrogens (tertiary/aromatic N) is 3. The molecule has 0 aromatic carbocycles. The minimum atomic E-state index is -3.18. The Morgan fingerprint density at radius 2 is 2.20 bits per heavy atom. The zero-order chi connectivity index (χ0) is 17.9. The van der Waals surface area contributed by atoms with Crippen LogP contribution in [-0.2, 0) is 21.4 Å². The summed E-state index contributed by atoms with van der Waals surface area (Å²) in [7, 11) is -3.18. The van der Waals surface area contributed by atoms with Gasteiger partial charge in [-0.3, -0.25) is 4.79 Å². The van der Waals surface area contributed by atoms with E-state index >= 15 is 0 Å². The molecule has 0 unspecified atom stereocenters. The quantitative estimate of drug-likeness (QED) is 0.809. The van der Waals surface area contributed by atoms with Crippen molar-refractivity contribution in [1.29, 1.82) is 0 Å². The highest BCUT2D eigenvalue weighted by atomic mass is 32.2. The largest absolute Gasteiger partial charge is 0.347 e. The molecular weight excluding hydrogens is 364 g/mol. The minimum absolute atomic E-state index is 0.0909. The highest BCUT2D eigenvalue weighted by Gasteiger charge is 2.30. The van der Waals surface area contributed by atoms with Crippen LogP contribution in [0, 0.1) is 5.92 Å². The van der Waals surface area contributed by atoms with Crippen molar-refractivity contribution in [2.24, 2.45) is 5.92 Å². The lowest BCUT2D eigenvalue weighted by Gasteiger charge is -2.30. The van der Waals surface area contributed by atoms with Gasteiger partial charge in [0.2, 0.25) is 27.6 Å². The van der Waals surface area contributed by atoms with Crippen molar-refractivity contribution in [3.8, 4) is 10.7 Å². The predicted molar refractivity (Wildman–Crippen MR) is 93.2 cm³/mol. The van der Waals surface area contributed by atoms with Gasteiger partial charge in [-0.1, -0.05) is 11.2 Å². The number of hydrogen-bond donors (Lipinski definition) is 1. The van der Waals surface area contributed by atoms with E-state index in [1.807, 2.05) is 17.5 Å². The average Bonchev–Trinajstić information content (AvgIpc) is 3.31. The number of thiophene rings is 1. The summed E-state index contributed by atoms with van der Waals surface area (Å²) < 4.78 is 30.3. The lowest BCUT2D eigenvalue weighted by molar-refractivity contribution is -0.126. The predicted octanol–water partition coefficient (Wildman–Crippen LogP) is 1.48. The Morgan fingerprint density at radius 3 is 2.84 bits per heavy atom. The van der Waals surface area contributed by atoms with Gasteiger partial charge in [0, 0.05) is 19.0 Å². The fraction of sp³-hybridized carbons (Fsp3) is 0.533. The number of hydrogen-bond acceptors (Lipinski definition) is 7. The number of carbonyl (C=O) groups is 1. The van der Waals surface area contributed by atoms with Gasteiger partial charge in [0.15, 0.2) is 0 Å². The molecule has 1 amide bonds. The second-order valence-corrected chi connectivity index (χ2v) is 8.99. The Hall–Kier alpha value is -1.78. The number of carbonyl (C=O) groups excluding carboxylic acids is 1. The Bertz CT molecular complexity index is 808. The zero-order valence-corrected chi connectivity index (χ0v) is 15.5. The Kier molecular flexibility index (Phi) is 5.50. The number of aromatic nitrogens is 2. The summed E-state index contributed by atoms with van der Waals surface area (Å²) in [6.07, 6.45) is 1.05. The third kappa shape index (κ3) is 4.25. The van der Waals surface area contributed by atoms with Crippen LogP contribution in [0.1, 0.15) is 25.7 Å². The van der Waals surface area contributed by atoms with E-state index in [4.69, 9.17) is 4.52 Å². The highest BCUT2D eigenvalue weighted by Crippen LogP contribution is 2.22. The molecule has 0 saturated carbocycles. The van der Waals surface area contributed by atoms with Crippen molar-refractivity contribution < 1.29 is 17.7 Å². The summed E-state index contributed by atoms with van der Waals surface area (Å²) in [5, 5.41) is 8.62. The van der Waals surface area contributed by atoms with Crippen LogP contribution in [0.25, 0.3) is 10.7 Å². The van der Waals surface area contributed by atoms with E-state index in [-0.39, 0.29) is 24.1 Å². The van der Waals surface area contributed by atoms with Gasteiger partial charge in [0.1, 0.15) is 0 Å². The normalized spacial score (nSPS) is 16.8. The van der Waals surface area contributed by atoms with Gasteiger partial charge in [-0.2, -0.15) is 4.98 Å². The summed E-state index contributed by atoms with van der Waals surface area (Å²) in [6, 6.07) is 3.80. The van der Waals surface area contributed by atoms with Gasteiger partial charge >= 0.3 is 0 Å². The van der Waals surface area contributed by atoms with E-state index in [1.165, 1.54) is 15.6 Å². The first kappa shape index (κ1) is 18.0. The molecule has 1 N–H and O–H groups in total. The fourth-order valence-corrected chi connectivity index (χ4v) is 4.50. The van der Waals surface area contributed by atoms with Gasteiger partial charge < -0.3 is 9.84 Å². The molecule has 2 aromatic rings. The average molecular weight is 384 g/mol. The molecule has 136 valence electrons. The molecule has 3 heterocycles. The van der Waals surface area contributed by atoms with Crippen molar-refractivity contribution in [2.45, 2.75) is 26.3 Å². The summed E-state index contributed by atoms with van der Waals surface area (Å²) in [5.41, 5.74) is 0. The van der Waals surface area contributed by atoms with Crippen molar-refractivity contribution in [3.63, 3.8) is 0 Å². The van der Waals surface area contributed by atoms with E-state index < -0.39 is 10.0 Å². The third-order valence-electron chi connectivity index (χ3n) is 4.21. The molecule has 1 aliphatic rings. The molecular formula is C15H20N4O4S2. The van der Waals surface area contributed by atoms with Crippen LogP contribution in [0.15, 0.2) is 22.0 Å². The van der Waals surface area contributed by atoms with Gasteiger partial charge in [-0.05, 0) is 31.2 Å². The topological polar surface area (TPSA) is 105 Å². The van der Waals surface area contributed by atoms with E-state index in [2.05, 4.69) is 15.5 Å². The van der Waals surface area contributed by atoms with Crippen LogP contribution >= 0.6 is 11.3 Å². The van der Waals surface area contributed by atoms with Gasteiger partial charge in [0.25, 0.3) is 0 Å². The van der Waals surface area contributed by atoms with Gasteiger partial charge in [-0.25, -0.2) is 12.7 Å². The SMILES string of the molecule is CCS(=O)(=O)N1CCC(C(=O)NCc2nc(-c3cccs3)no2)CC1. The smallest absolute Gasteiger partial charge is 0.246 e. The highest BCUT2D eigenvalue weighted by molar-refractivity contribution is 7.89. The lowest BCUT2D eigenvalue weighted by Crippen LogP contribution is -2.43. The van der Waals surface area contributed by atoms with Crippen LogP contribution in [0.2, 0.25) is 0 Å². The standard InChI is InChI=1S/C15H20N4O4S2/c1-2-25(21,22)19-7-5-11(6-8-19)15(20)16-10-13-17-14(18-23-13)12-4-3-9-24-12/h3-4,9,11H,2,5-8,10H2,1H3,(H,16,20). The molecule has 10 heteroatoms. The molecule has 8 nitrogen and oxygen atoms in total. The molecule has 25 heavy (non-hydrogen) atoms. The van der Waals surface area contributed by atoms with Gasteiger partial charge in [-0.15, -0.1) is 11.3 Å². The maximum atomic E-state index is 12.3. The first-order chi connectivity index (χ1) is 12.0. The first-order valence-electron chi connectivity index (χ1n) is 8.11. The second-order valence-electron chi connectivity index (χ2n) is 5.78. The second kappa shape index (κ2) is 7.63. The van der Waals surface area contributed by atoms with Crippen LogP contribution < -0.4 is 5.32 Å². The van der Waals surface area contributed by atoms with Crippen molar-refractivity contribution >= 4 is 27.3 Å². The maximum Gasteiger partial charge on any atom is 0.246 e. The molecule has 1 aliphatic heterocycles. The van der Waals surface area contributed by atoms with E-state index in [0.717, 1.165) is 4.88 Å². The van der Waals surface area contributed by atoms with Crippen LogP contribution in [0.4, 0.5) is 0 Å². The van der Waals surface area contributed by atoms with Crippen LogP contribution in [0.5, 0.6) is 0 Å². The Balaban J connectivity index is 1.49. The lowest BCUT2D eigenvalue weighted by atomic mass is 9.97. The number of piperidine rings is 1. The molecule has 0 aliphatic carbocycles. The molecule has 1 fully saturated rings. The first-order valence-corrected chi connectivity index (χ1v) is 10.6. The monoisotopic (exact) mass is 384 g/mol. The summed E-state index contributed by atoms with van der Waals surface area (Å²) in [6.45, 7) is 2.57. The Morgan fingerprint density at radius 1 is 1.44 bits per heavy atom. The third-order valence-corrected chi connectivity index (χ3v) is 6.95. The molecule has 2 aromatic heterocycles. The molecule has 0 atom stereocenters. The molecule has 1 saturated heterocycles. The number of rotatable bonds is 6. The number of amides is 1. The minimum Gasteiger partial charge on any atom is -0.347 e. The van der Waals surface area contributed by atoms with E-state index in [1.54, 1.807) is 6.92 Å². The van der Waals surface area contributed by atoms with Crippen molar-refractivity contribution in [2.75, 3.05) is 18.8 Å². The summed E-state index contributed by atoms with van der Waals surface area (Å²) >= 11 is 1.51. The van der Waals surface area contributed by atoms with Crippen molar-refractivity contribution in [1.82, 2.24) is 19.8 Å². The summed E-state index contributed by atoms with van der Waals surface area (Å²) in [5.74, 6) is 0.653. The summed E-state index contributed by atoms with van der Waals surface area (Å²) in [4.78, 5) is 17.4. The van der Waals surface area contributed by atoms with E-state index in [0.29, 0.717) is 37.6 Å². The molecule has 0 radical (unpaired) electrons. The van der Waals surface area contributed by atoms with Crippen LogP contribution in [-0.4, -0.2) is 47.6 Å².